The largest absolute Gasteiger partial charge is 0.505 e. The maximum Gasteiger partial charge on any atom is 0.301 e. The first-order chi connectivity index (χ1) is 22.8. The lowest BCUT2D eigenvalue weighted by Crippen LogP contribution is -2.29. The number of para-hydroxylation sites is 1. The number of anilines is 1. The number of ether oxygens (including phenoxy) is 1. The molecule has 234 valence electrons. The molecular formula is C34H23Cl2N5O4S2. The molecule has 3 aromatic carbocycles. The Labute approximate surface area is 287 Å². The number of hydrogen-bond donors (Lipinski definition) is 1. The molecule has 47 heavy (non-hydrogen) atoms. The third-order valence-electron chi connectivity index (χ3n) is 7.49. The number of aliphatic hydroxyl groups excluding tert-OH is 1. The number of aliphatic hydroxyl groups is 1. The molecule has 0 radical (unpaired) electrons. The molecule has 1 aliphatic rings. The second-order valence-electron chi connectivity index (χ2n) is 10.5. The van der Waals surface area contributed by atoms with Crippen LogP contribution in [0.15, 0.2) is 107 Å². The van der Waals surface area contributed by atoms with E-state index in [1.165, 1.54) is 16.7 Å². The van der Waals surface area contributed by atoms with Crippen molar-refractivity contribution in [2.75, 3.05) is 4.90 Å². The Balaban J connectivity index is 1.32. The highest BCUT2D eigenvalue weighted by Gasteiger charge is 2.49. The lowest BCUT2D eigenvalue weighted by atomic mass is 9.96. The molecule has 0 saturated carbocycles. The number of aryl methyl sites for hydroxylation is 1. The fourth-order valence-corrected chi connectivity index (χ4v) is 7.81. The van der Waals surface area contributed by atoms with Gasteiger partial charge in [-0.3, -0.25) is 18.9 Å². The molecule has 0 aliphatic carbocycles. The Morgan fingerprint density at radius 2 is 1.74 bits per heavy atom. The van der Waals surface area contributed by atoms with Crippen molar-refractivity contribution in [2.24, 2.45) is 0 Å². The highest BCUT2D eigenvalue weighted by atomic mass is 35.5. The van der Waals surface area contributed by atoms with E-state index in [4.69, 9.17) is 27.9 Å². The van der Waals surface area contributed by atoms with Crippen LogP contribution in [0.1, 0.15) is 28.6 Å². The first-order valence-electron chi connectivity index (χ1n) is 14.3. The molecule has 13 heteroatoms. The Bertz CT molecular complexity index is 2200. The highest BCUT2D eigenvalue weighted by molar-refractivity contribution is 8.00. The third kappa shape index (κ3) is 5.98. The molecule has 0 bridgehead atoms. The number of aromatic nitrogens is 4. The topological polar surface area (TPSA) is 110 Å². The van der Waals surface area contributed by atoms with Gasteiger partial charge in [0.05, 0.1) is 17.3 Å². The van der Waals surface area contributed by atoms with E-state index in [2.05, 4.69) is 15.2 Å². The third-order valence-corrected chi connectivity index (χ3v) is 10.2. The van der Waals surface area contributed by atoms with Crippen LogP contribution in [0.2, 0.25) is 10.0 Å². The van der Waals surface area contributed by atoms with Crippen LogP contribution >= 0.6 is 46.3 Å². The van der Waals surface area contributed by atoms with Crippen LogP contribution in [0, 0.1) is 6.92 Å². The van der Waals surface area contributed by atoms with E-state index in [9.17, 15) is 14.7 Å². The van der Waals surface area contributed by atoms with Crippen LogP contribution in [0.25, 0.3) is 11.4 Å². The number of carbonyl (C=O) groups excluding carboxylic acids is 2. The number of amides is 1. The fraction of sp³-hybridized carbons (Fsp3) is 0.0882. The molecule has 6 aromatic rings. The van der Waals surface area contributed by atoms with Crippen molar-refractivity contribution in [2.45, 2.75) is 23.1 Å². The summed E-state index contributed by atoms with van der Waals surface area (Å²) in [4.78, 5) is 33.5. The lowest BCUT2D eigenvalue weighted by Gasteiger charge is -2.23. The molecule has 0 spiro atoms. The number of halogens is 2. The van der Waals surface area contributed by atoms with E-state index in [0.717, 1.165) is 16.9 Å². The maximum absolute atomic E-state index is 13.9. The highest BCUT2D eigenvalue weighted by Crippen LogP contribution is 2.45. The zero-order chi connectivity index (χ0) is 32.7. The van der Waals surface area contributed by atoms with Crippen molar-refractivity contribution in [3.05, 3.63) is 135 Å². The second-order valence-corrected chi connectivity index (χ2v) is 13.5. The molecular weight excluding hydrogens is 677 g/mol. The summed E-state index contributed by atoms with van der Waals surface area (Å²) in [6.07, 6.45) is 1.74. The van der Waals surface area contributed by atoms with Gasteiger partial charge in [-0.15, -0.1) is 10.2 Å². The Morgan fingerprint density at radius 1 is 0.957 bits per heavy atom. The predicted molar refractivity (Wildman–Crippen MR) is 184 cm³/mol. The van der Waals surface area contributed by atoms with Gasteiger partial charge in [0.1, 0.15) is 22.8 Å². The summed E-state index contributed by atoms with van der Waals surface area (Å²) in [6, 6.07) is 26.0. The number of imidazole rings is 1. The van der Waals surface area contributed by atoms with Crippen LogP contribution in [-0.2, 0) is 15.3 Å². The zero-order valence-electron chi connectivity index (χ0n) is 24.5. The summed E-state index contributed by atoms with van der Waals surface area (Å²) in [5.74, 6) is -0.460. The molecule has 1 amide bonds. The van der Waals surface area contributed by atoms with Crippen molar-refractivity contribution in [1.29, 1.82) is 0 Å². The summed E-state index contributed by atoms with van der Waals surface area (Å²) in [5, 5.41) is 21.7. The van der Waals surface area contributed by atoms with Crippen LogP contribution < -0.4 is 9.64 Å². The molecule has 1 fully saturated rings. The van der Waals surface area contributed by atoms with Crippen molar-refractivity contribution < 1.29 is 19.4 Å². The van der Waals surface area contributed by atoms with Crippen LogP contribution in [0.3, 0.4) is 0 Å². The van der Waals surface area contributed by atoms with Gasteiger partial charge in [-0.2, -0.15) is 0 Å². The minimum Gasteiger partial charge on any atom is -0.505 e. The molecule has 1 unspecified atom stereocenters. The SMILES string of the molecule is Cc1nc2ccccn2c1C(O)=C1C(=O)C(=O)N(c2nnc(SCc3ccc(Cl)cc3Cl)s2)C1c1cccc(Oc2ccccc2)c1. The normalized spacial score (nSPS) is 15.9. The number of carbonyl (C=O) groups is 2. The number of ketones is 1. The minimum absolute atomic E-state index is 0.0991. The average Bonchev–Trinajstić information content (AvgIpc) is 3.74. The Morgan fingerprint density at radius 3 is 2.55 bits per heavy atom. The van der Waals surface area contributed by atoms with E-state index in [-0.39, 0.29) is 16.5 Å². The van der Waals surface area contributed by atoms with E-state index < -0.39 is 17.7 Å². The molecule has 1 atom stereocenters. The summed E-state index contributed by atoms with van der Waals surface area (Å²) in [7, 11) is 0. The fourth-order valence-electron chi connectivity index (χ4n) is 5.38. The number of hydrogen-bond acceptors (Lipinski definition) is 9. The predicted octanol–water partition coefficient (Wildman–Crippen LogP) is 8.51. The van der Waals surface area contributed by atoms with E-state index in [0.29, 0.717) is 54.2 Å². The number of pyridine rings is 1. The minimum atomic E-state index is -1.04. The summed E-state index contributed by atoms with van der Waals surface area (Å²) < 4.78 is 8.33. The average molecular weight is 701 g/mol. The molecule has 7 rings (SSSR count). The monoisotopic (exact) mass is 699 g/mol. The van der Waals surface area contributed by atoms with Crippen molar-refractivity contribution in [1.82, 2.24) is 19.6 Å². The van der Waals surface area contributed by atoms with E-state index in [1.807, 2.05) is 42.5 Å². The summed E-state index contributed by atoms with van der Waals surface area (Å²) >= 11 is 14.9. The molecule has 4 heterocycles. The van der Waals surface area contributed by atoms with Crippen molar-refractivity contribution in [3.63, 3.8) is 0 Å². The molecule has 1 N–H and O–H groups in total. The van der Waals surface area contributed by atoms with Crippen LogP contribution in [0.4, 0.5) is 5.13 Å². The van der Waals surface area contributed by atoms with Gasteiger partial charge in [0.15, 0.2) is 10.1 Å². The standard InChI is InChI=1S/C34H23Cl2N5O4S2/c1-19-28(40-15-6-5-12-26(40)37-19)30(42)27-29(20-8-7-11-24(16-20)45-23-9-3-2-4-10-23)41(32(44)31(27)43)33-38-39-34(47-33)46-18-21-13-14-22(35)17-25(21)36/h2-17,29,42H,18H2,1H3. The summed E-state index contributed by atoms with van der Waals surface area (Å²) in [5.41, 5.74) is 2.68. The van der Waals surface area contributed by atoms with Gasteiger partial charge in [-0.05, 0) is 66.6 Å². The first-order valence-corrected chi connectivity index (χ1v) is 16.8. The van der Waals surface area contributed by atoms with Gasteiger partial charge in [0.2, 0.25) is 5.13 Å². The van der Waals surface area contributed by atoms with Crippen molar-refractivity contribution in [3.8, 4) is 11.5 Å². The number of fused-ring (bicyclic) bond motifs is 1. The van der Waals surface area contributed by atoms with Gasteiger partial charge < -0.3 is 9.84 Å². The maximum atomic E-state index is 13.9. The molecule has 3 aromatic heterocycles. The quantitative estimate of drug-likeness (QED) is 0.0554. The van der Waals surface area contributed by atoms with E-state index in [1.54, 1.807) is 66.1 Å². The van der Waals surface area contributed by atoms with E-state index >= 15 is 0 Å². The molecule has 1 saturated heterocycles. The molecule has 9 nitrogen and oxygen atoms in total. The van der Waals surface area contributed by atoms with Gasteiger partial charge in [-0.25, -0.2) is 4.98 Å². The Kier molecular flexibility index (Phi) is 8.46. The zero-order valence-corrected chi connectivity index (χ0v) is 27.6. The summed E-state index contributed by atoms with van der Waals surface area (Å²) in [6.45, 7) is 1.74. The van der Waals surface area contributed by atoms with Crippen LogP contribution in [-0.4, -0.2) is 36.4 Å². The number of Topliss-reactive ketones (excluding diaryl/α,β-unsaturated/α-hetero) is 1. The Hall–Kier alpha value is -4.68. The number of rotatable bonds is 8. The number of benzene rings is 3. The van der Waals surface area contributed by atoms with Gasteiger partial charge >= 0.3 is 5.91 Å². The smallest absolute Gasteiger partial charge is 0.301 e. The number of nitrogens with zero attached hydrogens (tertiary/aromatic N) is 5. The second kappa shape index (κ2) is 12.8. The lowest BCUT2D eigenvalue weighted by molar-refractivity contribution is -0.132. The first kappa shape index (κ1) is 30.9. The van der Waals surface area contributed by atoms with Crippen molar-refractivity contribution >= 4 is 74.5 Å². The number of thioether (sulfide) groups is 1. The van der Waals surface area contributed by atoms with Crippen LogP contribution in [0.5, 0.6) is 11.5 Å². The molecule has 1 aliphatic heterocycles. The van der Waals surface area contributed by atoms with Gasteiger partial charge in [-0.1, -0.05) is 88.8 Å². The van der Waals surface area contributed by atoms with Gasteiger partial charge in [0.25, 0.3) is 5.78 Å². The van der Waals surface area contributed by atoms with Gasteiger partial charge in [0, 0.05) is 22.0 Å².